The molecular weight excluding hydrogens is 318 g/mol. The highest BCUT2D eigenvalue weighted by Gasteiger charge is 2.15. The maximum Gasteiger partial charge on any atom is 0.261 e. The van der Waals surface area contributed by atoms with Crippen molar-refractivity contribution in [3.8, 4) is 11.1 Å². The van der Waals surface area contributed by atoms with E-state index in [4.69, 9.17) is 0 Å². The minimum absolute atomic E-state index is 0.0437. The highest BCUT2D eigenvalue weighted by Crippen LogP contribution is 2.27. The van der Waals surface area contributed by atoms with Crippen molar-refractivity contribution in [3.05, 3.63) is 46.7 Å². The molecule has 0 saturated carbocycles. The molecule has 2 heterocycles. The molecule has 2 aromatic rings. The summed E-state index contributed by atoms with van der Waals surface area (Å²) in [4.78, 5) is 18.1. The normalized spacial score (nSPS) is 16.2. The van der Waals surface area contributed by atoms with E-state index in [0.29, 0.717) is 0 Å². The molecule has 0 atom stereocenters. The topological polar surface area (TPSA) is 35.6 Å². The fourth-order valence-corrected chi connectivity index (χ4v) is 3.82. The van der Waals surface area contributed by atoms with E-state index in [-0.39, 0.29) is 5.91 Å². The minimum Gasteiger partial charge on any atom is -0.351 e. The van der Waals surface area contributed by atoms with E-state index < -0.39 is 0 Å². The SMILES string of the molecule is CN1CCN(CCCNC(=O)c2sccc2-c2ccccc2)CC1. The zero-order valence-electron chi connectivity index (χ0n) is 14.2. The summed E-state index contributed by atoms with van der Waals surface area (Å²) in [7, 11) is 2.17. The highest BCUT2D eigenvalue weighted by atomic mass is 32.1. The summed E-state index contributed by atoms with van der Waals surface area (Å²) >= 11 is 1.51. The number of hydrogen-bond donors (Lipinski definition) is 1. The van der Waals surface area contributed by atoms with Gasteiger partial charge >= 0.3 is 0 Å². The van der Waals surface area contributed by atoms with Crippen molar-refractivity contribution in [1.82, 2.24) is 15.1 Å². The highest BCUT2D eigenvalue weighted by molar-refractivity contribution is 7.12. The molecule has 1 aliphatic heterocycles. The summed E-state index contributed by atoms with van der Waals surface area (Å²) in [5, 5.41) is 5.07. The maximum atomic E-state index is 12.5. The van der Waals surface area contributed by atoms with Crippen molar-refractivity contribution >= 4 is 17.2 Å². The number of piperazine rings is 1. The third-order valence-corrected chi connectivity index (χ3v) is 5.40. The molecule has 1 aliphatic rings. The van der Waals surface area contributed by atoms with Gasteiger partial charge in [-0.3, -0.25) is 4.79 Å². The van der Waals surface area contributed by atoms with Gasteiger partial charge in [-0.2, -0.15) is 0 Å². The molecule has 1 aromatic heterocycles. The average Bonchev–Trinajstić information content (AvgIpc) is 3.11. The van der Waals surface area contributed by atoms with E-state index in [1.54, 1.807) is 0 Å². The van der Waals surface area contributed by atoms with Gasteiger partial charge in [-0.05, 0) is 37.0 Å². The smallest absolute Gasteiger partial charge is 0.261 e. The Morgan fingerprint density at radius 1 is 1.12 bits per heavy atom. The van der Waals surface area contributed by atoms with Gasteiger partial charge in [0.2, 0.25) is 0 Å². The predicted octanol–water partition coefficient (Wildman–Crippen LogP) is 2.78. The summed E-state index contributed by atoms with van der Waals surface area (Å²) in [5.41, 5.74) is 2.12. The third-order valence-electron chi connectivity index (χ3n) is 4.49. The number of rotatable bonds is 6. The maximum absolute atomic E-state index is 12.5. The number of thiophene rings is 1. The van der Waals surface area contributed by atoms with Crippen LogP contribution < -0.4 is 5.32 Å². The molecule has 24 heavy (non-hydrogen) atoms. The molecule has 1 saturated heterocycles. The Morgan fingerprint density at radius 3 is 2.62 bits per heavy atom. The fourth-order valence-electron chi connectivity index (χ4n) is 2.99. The molecular formula is C19H25N3OS. The van der Waals surface area contributed by atoms with Gasteiger partial charge in [-0.25, -0.2) is 0 Å². The molecule has 1 aromatic carbocycles. The molecule has 128 valence electrons. The van der Waals surface area contributed by atoms with Crippen molar-refractivity contribution < 1.29 is 4.79 Å². The molecule has 3 rings (SSSR count). The number of hydrogen-bond acceptors (Lipinski definition) is 4. The molecule has 0 unspecified atom stereocenters. The quantitative estimate of drug-likeness (QED) is 0.819. The fraction of sp³-hybridized carbons (Fsp3) is 0.421. The number of amides is 1. The van der Waals surface area contributed by atoms with Crippen molar-refractivity contribution in [3.63, 3.8) is 0 Å². The van der Waals surface area contributed by atoms with Crippen molar-refractivity contribution in [2.45, 2.75) is 6.42 Å². The number of nitrogens with one attached hydrogen (secondary N) is 1. The van der Waals surface area contributed by atoms with Gasteiger partial charge in [0.05, 0.1) is 4.88 Å². The van der Waals surface area contributed by atoms with Crippen LogP contribution in [0.4, 0.5) is 0 Å². The molecule has 1 fully saturated rings. The summed E-state index contributed by atoms with van der Waals surface area (Å²) in [6.07, 6.45) is 1.00. The predicted molar refractivity (Wildman–Crippen MR) is 101 cm³/mol. The van der Waals surface area contributed by atoms with Crippen LogP contribution in [0, 0.1) is 0 Å². The summed E-state index contributed by atoms with van der Waals surface area (Å²) in [6.45, 7) is 6.34. The van der Waals surface area contributed by atoms with Gasteiger partial charge in [-0.1, -0.05) is 30.3 Å². The van der Waals surface area contributed by atoms with Crippen molar-refractivity contribution in [1.29, 1.82) is 0 Å². The van der Waals surface area contributed by atoms with Gasteiger partial charge in [0.1, 0.15) is 0 Å². The van der Waals surface area contributed by atoms with Gasteiger partial charge < -0.3 is 15.1 Å². The van der Waals surface area contributed by atoms with Crippen LogP contribution in [0.5, 0.6) is 0 Å². The molecule has 0 bridgehead atoms. The number of nitrogens with zero attached hydrogens (tertiary/aromatic N) is 2. The lowest BCUT2D eigenvalue weighted by molar-refractivity contribution is 0.0954. The van der Waals surface area contributed by atoms with Gasteiger partial charge in [0.25, 0.3) is 5.91 Å². The number of likely N-dealkylation sites (N-methyl/N-ethyl adjacent to an activating group) is 1. The number of carbonyl (C=O) groups is 1. The zero-order chi connectivity index (χ0) is 16.8. The molecule has 0 spiro atoms. The van der Waals surface area contributed by atoms with Gasteiger partial charge in [-0.15, -0.1) is 11.3 Å². The van der Waals surface area contributed by atoms with Gasteiger partial charge in [0, 0.05) is 38.3 Å². The molecule has 4 nitrogen and oxygen atoms in total. The minimum atomic E-state index is 0.0437. The number of carbonyl (C=O) groups excluding carboxylic acids is 1. The molecule has 0 radical (unpaired) electrons. The molecule has 1 amide bonds. The summed E-state index contributed by atoms with van der Waals surface area (Å²) in [6, 6.07) is 12.1. The Kier molecular flexibility index (Phi) is 6.01. The van der Waals surface area contributed by atoms with Crippen LogP contribution in [0.25, 0.3) is 11.1 Å². The first kappa shape index (κ1) is 17.1. The van der Waals surface area contributed by atoms with Crippen LogP contribution in [0.15, 0.2) is 41.8 Å². The standard InChI is InChI=1S/C19H25N3OS/c1-21-11-13-22(14-12-21)10-5-9-20-19(23)18-17(8-15-24-18)16-6-3-2-4-7-16/h2-4,6-8,15H,5,9-14H2,1H3,(H,20,23). The zero-order valence-corrected chi connectivity index (χ0v) is 15.0. The van der Waals surface area contributed by atoms with E-state index in [2.05, 4.69) is 22.2 Å². The largest absolute Gasteiger partial charge is 0.351 e. The van der Waals surface area contributed by atoms with Crippen molar-refractivity contribution in [2.75, 3.05) is 46.3 Å². The Bertz CT molecular complexity index is 648. The first-order valence-corrected chi connectivity index (χ1v) is 9.44. The Morgan fingerprint density at radius 2 is 1.88 bits per heavy atom. The van der Waals surface area contributed by atoms with E-state index in [9.17, 15) is 4.79 Å². The molecule has 0 aliphatic carbocycles. The van der Waals surface area contributed by atoms with Crippen LogP contribution >= 0.6 is 11.3 Å². The Hall–Kier alpha value is -1.69. The van der Waals surface area contributed by atoms with Crippen molar-refractivity contribution in [2.24, 2.45) is 0 Å². The van der Waals surface area contributed by atoms with E-state index >= 15 is 0 Å². The third kappa shape index (κ3) is 4.44. The van der Waals surface area contributed by atoms with Gasteiger partial charge in [0.15, 0.2) is 0 Å². The lowest BCUT2D eigenvalue weighted by Gasteiger charge is -2.32. The van der Waals surface area contributed by atoms with E-state index in [1.165, 1.54) is 11.3 Å². The molecule has 1 N–H and O–H groups in total. The van der Waals surface area contributed by atoms with Crippen LogP contribution in [-0.4, -0.2) is 62.0 Å². The summed E-state index contributed by atoms with van der Waals surface area (Å²) < 4.78 is 0. The molecule has 5 heteroatoms. The second kappa shape index (κ2) is 8.42. The first-order chi connectivity index (χ1) is 11.7. The second-order valence-electron chi connectivity index (χ2n) is 6.28. The number of benzene rings is 1. The van der Waals surface area contributed by atoms with Crippen LogP contribution in [0.1, 0.15) is 16.1 Å². The second-order valence-corrected chi connectivity index (χ2v) is 7.20. The van der Waals surface area contributed by atoms with Crippen LogP contribution in [0.3, 0.4) is 0 Å². The lowest BCUT2D eigenvalue weighted by atomic mass is 10.1. The van der Waals surface area contributed by atoms with E-state index in [1.807, 2.05) is 41.8 Å². The summed E-state index contributed by atoms with van der Waals surface area (Å²) in [5.74, 6) is 0.0437. The first-order valence-electron chi connectivity index (χ1n) is 8.56. The monoisotopic (exact) mass is 343 g/mol. The van der Waals surface area contributed by atoms with E-state index in [0.717, 1.165) is 61.7 Å². The lowest BCUT2D eigenvalue weighted by Crippen LogP contribution is -2.45. The van der Waals surface area contributed by atoms with Crippen LogP contribution in [0.2, 0.25) is 0 Å². The Balaban J connectivity index is 1.47. The Labute approximate surface area is 148 Å². The average molecular weight is 343 g/mol. The van der Waals surface area contributed by atoms with Crippen LogP contribution in [-0.2, 0) is 0 Å².